The average Bonchev–Trinajstić information content (AvgIpc) is 3.05. The molecule has 0 saturated heterocycles. The molecule has 284 valence electrons. The van der Waals surface area contributed by atoms with Gasteiger partial charge in [0.15, 0.2) is 0 Å². The smallest absolute Gasteiger partial charge is 0.407 e. The fourth-order valence-corrected chi connectivity index (χ4v) is 6.05. The fourth-order valence-electron chi connectivity index (χ4n) is 6.05. The van der Waals surface area contributed by atoms with E-state index in [9.17, 15) is 14.7 Å². The average molecular weight is 686 g/mol. The molecular formula is C44H79NO4. The van der Waals surface area contributed by atoms with Crippen molar-refractivity contribution in [2.24, 2.45) is 5.41 Å². The molecule has 0 spiro atoms. The Morgan fingerprint density at radius 2 is 0.878 bits per heavy atom. The lowest BCUT2D eigenvalue weighted by atomic mass is 9.77. The summed E-state index contributed by atoms with van der Waals surface area (Å²) in [5, 5.41) is 13.2. The number of carbonyl (C=O) groups is 2. The van der Waals surface area contributed by atoms with Crippen LogP contribution in [0.15, 0.2) is 48.6 Å². The molecule has 0 aromatic heterocycles. The number of hydrogen-bond acceptors (Lipinski definition) is 3. The van der Waals surface area contributed by atoms with Gasteiger partial charge in [-0.3, -0.25) is 4.79 Å². The first-order chi connectivity index (χ1) is 23.7. The van der Waals surface area contributed by atoms with Gasteiger partial charge in [-0.2, -0.15) is 0 Å². The molecule has 0 aliphatic rings. The lowest BCUT2D eigenvalue weighted by molar-refractivity contribution is -0.149. The highest BCUT2D eigenvalue weighted by molar-refractivity contribution is 5.76. The highest BCUT2D eigenvalue weighted by Gasteiger charge is 2.38. The monoisotopic (exact) mass is 686 g/mol. The SMILES string of the molecule is CCCCCC=CCC=CCCCCCCCCC(CCCCCCCC/C=C\C/C=C\CCCCC)(CNC(=O)OC(C)(C)C)C(=O)O. The van der Waals surface area contributed by atoms with Crippen molar-refractivity contribution in [2.75, 3.05) is 6.54 Å². The Bertz CT molecular complexity index is 847. The van der Waals surface area contributed by atoms with Gasteiger partial charge in [-0.1, -0.05) is 152 Å². The number of amides is 1. The van der Waals surface area contributed by atoms with E-state index in [-0.39, 0.29) is 6.54 Å². The molecule has 1 unspecified atom stereocenters. The minimum atomic E-state index is -0.943. The summed E-state index contributed by atoms with van der Waals surface area (Å²) in [7, 11) is 0. The normalized spacial score (nSPS) is 13.7. The van der Waals surface area contributed by atoms with E-state index in [0.717, 1.165) is 64.2 Å². The number of ether oxygens (including phenoxy) is 1. The molecule has 0 fully saturated rings. The predicted octanol–water partition coefficient (Wildman–Crippen LogP) is 14.0. The van der Waals surface area contributed by atoms with Gasteiger partial charge < -0.3 is 15.2 Å². The minimum absolute atomic E-state index is 0.123. The Balaban J connectivity index is 4.46. The van der Waals surface area contributed by atoms with Crippen LogP contribution in [0, 0.1) is 5.41 Å². The number of carboxylic acid groups (broad SMARTS) is 1. The van der Waals surface area contributed by atoms with Gasteiger partial charge in [0.25, 0.3) is 0 Å². The molecule has 5 heteroatoms. The van der Waals surface area contributed by atoms with Gasteiger partial charge in [-0.05, 0) is 97.8 Å². The lowest BCUT2D eigenvalue weighted by Crippen LogP contribution is -2.44. The van der Waals surface area contributed by atoms with Crippen LogP contribution in [0.4, 0.5) is 4.79 Å². The van der Waals surface area contributed by atoms with Crippen molar-refractivity contribution >= 4 is 12.1 Å². The Labute approximate surface area is 303 Å². The summed E-state index contributed by atoms with van der Waals surface area (Å²) in [6.07, 6.45) is 46.8. The molecule has 1 amide bonds. The zero-order valence-electron chi connectivity index (χ0n) is 32.9. The third-order valence-electron chi connectivity index (χ3n) is 9.14. The van der Waals surface area contributed by atoms with E-state index in [0.29, 0.717) is 12.8 Å². The lowest BCUT2D eigenvalue weighted by Gasteiger charge is -2.30. The quantitative estimate of drug-likeness (QED) is 0.0532. The van der Waals surface area contributed by atoms with E-state index >= 15 is 0 Å². The molecule has 0 aromatic carbocycles. The number of rotatable bonds is 33. The van der Waals surface area contributed by atoms with Crippen molar-refractivity contribution in [1.82, 2.24) is 5.32 Å². The molecule has 1 atom stereocenters. The second-order valence-corrected chi connectivity index (χ2v) is 15.1. The number of alkyl carbamates (subject to hydrolysis) is 1. The van der Waals surface area contributed by atoms with Gasteiger partial charge in [0, 0.05) is 6.54 Å². The van der Waals surface area contributed by atoms with E-state index in [4.69, 9.17) is 4.74 Å². The first-order valence-corrected chi connectivity index (χ1v) is 20.5. The molecule has 0 aliphatic carbocycles. The van der Waals surface area contributed by atoms with Crippen LogP contribution in [-0.4, -0.2) is 29.3 Å². The molecular weight excluding hydrogens is 606 g/mol. The highest BCUT2D eigenvalue weighted by Crippen LogP contribution is 2.32. The zero-order valence-corrected chi connectivity index (χ0v) is 32.9. The van der Waals surface area contributed by atoms with Gasteiger partial charge in [0.1, 0.15) is 5.60 Å². The highest BCUT2D eigenvalue weighted by atomic mass is 16.6. The van der Waals surface area contributed by atoms with Crippen LogP contribution in [0.1, 0.15) is 202 Å². The number of carboxylic acids is 1. The molecule has 0 radical (unpaired) electrons. The van der Waals surface area contributed by atoms with E-state index in [2.05, 4.69) is 67.8 Å². The molecule has 0 heterocycles. The maximum atomic E-state index is 12.7. The fraction of sp³-hybridized carbons (Fsp3) is 0.773. The third-order valence-corrected chi connectivity index (χ3v) is 9.14. The van der Waals surface area contributed by atoms with Gasteiger partial charge in [0.05, 0.1) is 5.41 Å². The van der Waals surface area contributed by atoms with Gasteiger partial charge >= 0.3 is 12.1 Å². The molecule has 2 N–H and O–H groups in total. The molecule has 0 aromatic rings. The number of unbranched alkanes of at least 4 members (excludes halogenated alkanes) is 18. The zero-order chi connectivity index (χ0) is 36.3. The number of carbonyl (C=O) groups excluding carboxylic acids is 1. The predicted molar refractivity (Wildman–Crippen MR) is 212 cm³/mol. The second-order valence-electron chi connectivity index (χ2n) is 15.1. The summed E-state index contributed by atoms with van der Waals surface area (Å²) in [6, 6.07) is 0. The van der Waals surface area contributed by atoms with E-state index in [1.165, 1.54) is 89.9 Å². The Morgan fingerprint density at radius 1 is 0.531 bits per heavy atom. The van der Waals surface area contributed by atoms with Crippen LogP contribution in [0.3, 0.4) is 0 Å². The van der Waals surface area contributed by atoms with Crippen molar-refractivity contribution < 1.29 is 19.4 Å². The summed E-state index contributed by atoms with van der Waals surface area (Å²) in [6.45, 7) is 10.1. The second kappa shape index (κ2) is 32.9. The van der Waals surface area contributed by atoms with E-state index in [1.807, 2.05) is 20.8 Å². The number of hydrogen-bond donors (Lipinski definition) is 2. The van der Waals surface area contributed by atoms with E-state index in [1.54, 1.807) is 0 Å². The van der Waals surface area contributed by atoms with Gasteiger partial charge in [0.2, 0.25) is 0 Å². The molecule has 0 aliphatic heterocycles. The topological polar surface area (TPSA) is 75.6 Å². The van der Waals surface area contributed by atoms with Crippen LogP contribution in [-0.2, 0) is 9.53 Å². The molecule has 0 bridgehead atoms. The Hall–Kier alpha value is -2.30. The van der Waals surface area contributed by atoms with Crippen LogP contribution < -0.4 is 5.32 Å². The number of aliphatic carboxylic acids is 1. The van der Waals surface area contributed by atoms with Crippen molar-refractivity contribution in [3.63, 3.8) is 0 Å². The Morgan fingerprint density at radius 3 is 1.22 bits per heavy atom. The minimum Gasteiger partial charge on any atom is -0.481 e. The molecule has 0 saturated carbocycles. The standard InChI is InChI=1S/C44H79NO4/c1-6-8-10-12-14-16-18-20-22-24-26-28-30-32-34-36-38-44(41(46)47,40-45-42(48)49-43(3,4)5)39-37-35-33-31-29-27-25-23-21-19-17-15-13-11-9-7-2/h14-17,20-23H,6-13,18-19,24-40H2,1-5H3,(H,45,48)(H,46,47)/b16-14-,17-15?,22-20-,23-21?. The van der Waals surface area contributed by atoms with E-state index < -0.39 is 23.1 Å². The number of allylic oxidation sites excluding steroid dienone is 8. The van der Waals surface area contributed by atoms with Gasteiger partial charge in [-0.15, -0.1) is 0 Å². The summed E-state index contributed by atoms with van der Waals surface area (Å²) in [5.74, 6) is -0.797. The molecule has 0 rings (SSSR count). The Kier molecular flexibility index (Phi) is 31.3. The summed E-state index contributed by atoms with van der Waals surface area (Å²) >= 11 is 0. The van der Waals surface area contributed by atoms with Crippen molar-refractivity contribution in [1.29, 1.82) is 0 Å². The molecule has 5 nitrogen and oxygen atoms in total. The van der Waals surface area contributed by atoms with Crippen LogP contribution in [0.5, 0.6) is 0 Å². The van der Waals surface area contributed by atoms with Crippen molar-refractivity contribution in [3.05, 3.63) is 48.6 Å². The summed E-state index contributed by atoms with van der Waals surface area (Å²) < 4.78 is 5.42. The van der Waals surface area contributed by atoms with Crippen molar-refractivity contribution in [3.8, 4) is 0 Å². The van der Waals surface area contributed by atoms with Crippen LogP contribution >= 0.6 is 0 Å². The van der Waals surface area contributed by atoms with Crippen LogP contribution in [0.25, 0.3) is 0 Å². The first kappa shape index (κ1) is 46.7. The van der Waals surface area contributed by atoms with Crippen LogP contribution in [0.2, 0.25) is 0 Å². The summed E-state index contributed by atoms with van der Waals surface area (Å²) in [5.41, 5.74) is -1.56. The third kappa shape index (κ3) is 31.4. The largest absolute Gasteiger partial charge is 0.481 e. The summed E-state index contributed by atoms with van der Waals surface area (Å²) in [4.78, 5) is 25.1. The maximum Gasteiger partial charge on any atom is 0.407 e. The number of nitrogens with one attached hydrogen (secondary N) is 1. The molecule has 49 heavy (non-hydrogen) atoms. The van der Waals surface area contributed by atoms with Gasteiger partial charge in [-0.25, -0.2) is 4.79 Å². The first-order valence-electron chi connectivity index (χ1n) is 20.5. The maximum absolute atomic E-state index is 12.7. The van der Waals surface area contributed by atoms with Crippen molar-refractivity contribution in [2.45, 2.75) is 207 Å².